The number of rotatable bonds is 2. The van der Waals surface area contributed by atoms with Crippen molar-refractivity contribution < 1.29 is 14.4 Å². The lowest BCUT2D eigenvalue weighted by Gasteiger charge is -2.35. The Morgan fingerprint density at radius 2 is 1.46 bits per heavy atom. The van der Waals surface area contributed by atoms with E-state index in [1.165, 1.54) is 5.01 Å². The predicted octanol–water partition coefficient (Wildman–Crippen LogP) is 1.89. The van der Waals surface area contributed by atoms with E-state index in [0.29, 0.717) is 53.9 Å². The van der Waals surface area contributed by atoms with E-state index >= 15 is 0 Å². The average Bonchev–Trinajstić information content (AvgIpc) is 2.62. The SMILES string of the molecule is CN1N=C(C(=O)N2CCN(C(=O)c3cc(Cl)cc(Cl)c3)CC2)CCC1=O. The number of piperazine rings is 1. The summed E-state index contributed by atoms with van der Waals surface area (Å²) in [6, 6.07) is 4.73. The first-order valence-electron chi connectivity index (χ1n) is 8.24. The standard InChI is InChI=1S/C17H18Cl2N4O3/c1-21-15(24)3-2-14(20-21)17(26)23-6-4-22(5-7-23)16(25)11-8-12(18)10-13(19)9-11/h8-10H,2-7H2,1H3. The van der Waals surface area contributed by atoms with E-state index < -0.39 is 0 Å². The second kappa shape index (κ2) is 7.63. The molecule has 2 aliphatic heterocycles. The van der Waals surface area contributed by atoms with Crippen molar-refractivity contribution in [3.05, 3.63) is 33.8 Å². The number of hydrazone groups is 1. The maximum absolute atomic E-state index is 12.6. The molecule has 0 radical (unpaired) electrons. The number of carbonyl (C=O) groups excluding carboxylic acids is 3. The molecule has 1 aromatic rings. The Morgan fingerprint density at radius 3 is 2.00 bits per heavy atom. The molecule has 0 saturated carbocycles. The first-order valence-corrected chi connectivity index (χ1v) is 8.99. The van der Waals surface area contributed by atoms with E-state index in [2.05, 4.69) is 5.10 Å². The van der Waals surface area contributed by atoms with Crippen molar-refractivity contribution in [2.24, 2.45) is 5.10 Å². The van der Waals surface area contributed by atoms with Crippen molar-refractivity contribution in [2.75, 3.05) is 33.2 Å². The van der Waals surface area contributed by atoms with Gasteiger partial charge in [-0.2, -0.15) is 5.10 Å². The van der Waals surface area contributed by atoms with Gasteiger partial charge in [0.2, 0.25) is 5.91 Å². The Bertz CT molecular complexity index is 768. The van der Waals surface area contributed by atoms with E-state index in [4.69, 9.17) is 23.2 Å². The minimum absolute atomic E-state index is 0.0999. The molecule has 0 unspecified atom stereocenters. The highest BCUT2D eigenvalue weighted by Crippen LogP contribution is 2.21. The number of hydrogen-bond acceptors (Lipinski definition) is 4. The summed E-state index contributed by atoms with van der Waals surface area (Å²) >= 11 is 11.9. The predicted molar refractivity (Wildman–Crippen MR) is 98.4 cm³/mol. The van der Waals surface area contributed by atoms with Crippen LogP contribution >= 0.6 is 23.2 Å². The van der Waals surface area contributed by atoms with Crippen LogP contribution < -0.4 is 0 Å². The summed E-state index contributed by atoms with van der Waals surface area (Å²) in [6.07, 6.45) is 0.636. The molecule has 3 amide bonds. The molecule has 0 bridgehead atoms. The molecule has 9 heteroatoms. The fourth-order valence-electron chi connectivity index (χ4n) is 2.98. The van der Waals surface area contributed by atoms with E-state index in [9.17, 15) is 14.4 Å². The third-order valence-electron chi connectivity index (χ3n) is 4.42. The molecule has 2 heterocycles. The van der Waals surface area contributed by atoms with E-state index in [0.717, 1.165) is 0 Å². The quantitative estimate of drug-likeness (QED) is 0.765. The molecule has 0 aliphatic carbocycles. The zero-order valence-electron chi connectivity index (χ0n) is 14.2. The topological polar surface area (TPSA) is 73.3 Å². The zero-order chi connectivity index (χ0) is 18.8. The third-order valence-corrected chi connectivity index (χ3v) is 4.85. The van der Waals surface area contributed by atoms with Crippen LogP contribution in [0.4, 0.5) is 0 Å². The van der Waals surface area contributed by atoms with Gasteiger partial charge in [0.25, 0.3) is 11.8 Å². The molecule has 7 nitrogen and oxygen atoms in total. The van der Waals surface area contributed by atoms with Crippen molar-refractivity contribution >= 4 is 46.6 Å². The number of nitrogens with zero attached hydrogens (tertiary/aromatic N) is 4. The molecule has 2 aliphatic rings. The molecule has 138 valence electrons. The van der Waals surface area contributed by atoms with Crippen LogP contribution in [0, 0.1) is 0 Å². The van der Waals surface area contributed by atoms with E-state index in [1.54, 1.807) is 35.0 Å². The molecular formula is C17H18Cl2N4O3. The van der Waals surface area contributed by atoms with Crippen LogP contribution in [0.3, 0.4) is 0 Å². The van der Waals surface area contributed by atoms with Gasteiger partial charge in [0.1, 0.15) is 5.71 Å². The van der Waals surface area contributed by atoms with Gasteiger partial charge in [-0.15, -0.1) is 0 Å². The lowest BCUT2D eigenvalue weighted by molar-refractivity contribution is -0.131. The maximum atomic E-state index is 12.6. The lowest BCUT2D eigenvalue weighted by atomic mass is 10.1. The highest BCUT2D eigenvalue weighted by molar-refractivity contribution is 6.39. The number of halogens is 2. The monoisotopic (exact) mass is 396 g/mol. The van der Waals surface area contributed by atoms with Gasteiger partial charge in [-0.3, -0.25) is 14.4 Å². The van der Waals surface area contributed by atoms with Gasteiger partial charge >= 0.3 is 0 Å². The summed E-state index contributed by atoms with van der Waals surface area (Å²) in [6.45, 7) is 1.65. The second-order valence-electron chi connectivity index (χ2n) is 6.21. The Balaban J connectivity index is 1.62. The van der Waals surface area contributed by atoms with Crippen molar-refractivity contribution in [3.8, 4) is 0 Å². The Hall–Kier alpha value is -2.12. The smallest absolute Gasteiger partial charge is 0.270 e. The molecule has 1 saturated heterocycles. The number of hydrogen-bond donors (Lipinski definition) is 0. The molecule has 0 spiro atoms. The highest BCUT2D eigenvalue weighted by Gasteiger charge is 2.29. The van der Waals surface area contributed by atoms with Crippen LogP contribution in [-0.4, -0.2) is 71.5 Å². The number of benzene rings is 1. The Kier molecular flexibility index (Phi) is 5.48. The minimum atomic E-state index is -0.178. The highest BCUT2D eigenvalue weighted by atomic mass is 35.5. The molecular weight excluding hydrogens is 379 g/mol. The van der Waals surface area contributed by atoms with Crippen LogP contribution in [0.5, 0.6) is 0 Å². The van der Waals surface area contributed by atoms with E-state index in [1.807, 2.05) is 0 Å². The fraction of sp³-hybridized carbons (Fsp3) is 0.412. The summed E-state index contributed by atoms with van der Waals surface area (Å²) in [5, 5.41) is 6.08. The molecule has 3 rings (SSSR count). The van der Waals surface area contributed by atoms with Crippen LogP contribution in [0.1, 0.15) is 23.2 Å². The third kappa shape index (κ3) is 3.99. The molecule has 0 aromatic heterocycles. The molecule has 1 fully saturated rings. The number of amides is 3. The summed E-state index contributed by atoms with van der Waals surface area (Å²) in [5.41, 5.74) is 0.813. The normalized spacial score (nSPS) is 18.0. The molecule has 0 N–H and O–H groups in total. The van der Waals surface area contributed by atoms with Gasteiger partial charge in [-0.05, 0) is 18.2 Å². The van der Waals surface area contributed by atoms with Crippen molar-refractivity contribution in [2.45, 2.75) is 12.8 Å². The van der Waals surface area contributed by atoms with Crippen LogP contribution in [-0.2, 0) is 9.59 Å². The minimum Gasteiger partial charge on any atom is -0.335 e. The molecule has 26 heavy (non-hydrogen) atoms. The van der Waals surface area contributed by atoms with Crippen LogP contribution in [0.25, 0.3) is 0 Å². The first-order chi connectivity index (χ1) is 12.3. The zero-order valence-corrected chi connectivity index (χ0v) is 15.8. The number of carbonyl (C=O) groups is 3. The van der Waals surface area contributed by atoms with Crippen molar-refractivity contribution in [1.29, 1.82) is 0 Å². The van der Waals surface area contributed by atoms with Gasteiger partial charge < -0.3 is 9.80 Å². The van der Waals surface area contributed by atoms with Crippen LogP contribution in [0.15, 0.2) is 23.3 Å². The lowest BCUT2D eigenvalue weighted by Crippen LogP contribution is -2.52. The van der Waals surface area contributed by atoms with Gasteiger partial charge in [-0.1, -0.05) is 23.2 Å². The fourth-order valence-corrected chi connectivity index (χ4v) is 3.50. The van der Waals surface area contributed by atoms with Crippen molar-refractivity contribution in [3.63, 3.8) is 0 Å². The van der Waals surface area contributed by atoms with Gasteiger partial charge in [-0.25, -0.2) is 5.01 Å². The van der Waals surface area contributed by atoms with Gasteiger partial charge in [0.05, 0.1) is 0 Å². The van der Waals surface area contributed by atoms with Crippen LogP contribution in [0.2, 0.25) is 10.0 Å². The second-order valence-corrected chi connectivity index (χ2v) is 7.08. The summed E-state index contributed by atoms with van der Waals surface area (Å²) in [5.74, 6) is -0.443. The van der Waals surface area contributed by atoms with E-state index in [-0.39, 0.29) is 24.1 Å². The summed E-state index contributed by atoms with van der Waals surface area (Å²) in [7, 11) is 1.54. The molecule has 1 aromatic carbocycles. The summed E-state index contributed by atoms with van der Waals surface area (Å²) < 4.78 is 0. The Labute approximate surface area is 161 Å². The van der Waals surface area contributed by atoms with Gasteiger partial charge in [0, 0.05) is 61.7 Å². The van der Waals surface area contributed by atoms with Crippen molar-refractivity contribution in [1.82, 2.24) is 14.8 Å². The molecule has 0 atom stereocenters. The first kappa shape index (κ1) is 18.7. The van der Waals surface area contributed by atoms with Gasteiger partial charge in [0.15, 0.2) is 0 Å². The average molecular weight is 397 g/mol. The summed E-state index contributed by atoms with van der Waals surface area (Å²) in [4.78, 5) is 40.0. The maximum Gasteiger partial charge on any atom is 0.270 e. The largest absolute Gasteiger partial charge is 0.335 e. The Morgan fingerprint density at radius 1 is 0.923 bits per heavy atom.